The van der Waals surface area contributed by atoms with Crippen molar-refractivity contribution in [1.82, 2.24) is 10.2 Å². The highest BCUT2D eigenvalue weighted by molar-refractivity contribution is 6.01. The molecular weight excluding hydrogens is 257 g/mol. The van der Waals surface area contributed by atoms with Crippen LogP contribution in [0.4, 0.5) is 15.9 Å². The lowest BCUT2D eigenvalue weighted by Crippen LogP contribution is -2.22. The summed E-state index contributed by atoms with van der Waals surface area (Å²) in [7, 11) is 1.78. The molecule has 0 amide bonds. The normalized spacial score (nSPS) is 10.4. The molecule has 1 aromatic heterocycles. The zero-order valence-electron chi connectivity index (χ0n) is 11.6. The molecule has 3 N–H and O–H groups in total. The van der Waals surface area contributed by atoms with Gasteiger partial charge >= 0.3 is 0 Å². The lowest BCUT2D eigenvalue weighted by atomic mass is 10.1. The third-order valence-corrected chi connectivity index (χ3v) is 3.24. The van der Waals surface area contributed by atoms with Crippen molar-refractivity contribution in [2.75, 3.05) is 11.9 Å². The first-order valence-corrected chi connectivity index (χ1v) is 6.09. The largest absolute Gasteiger partial charge is 0.384 e. The average Bonchev–Trinajstić information content (AvgIpc) is 2.41. The molecule has 0 saturated carbocycles. The molecule has 1 aromatic carbocycles. The van der Waals surface area contributed by atoms with Gasteiger partial charge in [0, 0.05) is 12.7 Å². The summed E-state index contributed by atoms with van der Waals surface area (Å²) < 4.78 is 13.0. The molecule has 0 unspecified atom stereocenters. The third-order valence-electron chi connectivity index (χ3n) is 3.24. The van der Waals surface area contributed by atoms with Crippen LogP contribution in [0, 0.1) is 25.1 Å². The van der Waals surface area contributed by atoms with Gasteiger partial charge in [0.25, 0.3) is 0 Å². The van der Waals surface area contributed by atoms with Crippen LogP contribution in [0.5, 0.6) is 0 Å². The van der Waals surface area contributed by atoms with Gasteiger partial charge in [-0.1, -0.05) is 0 Å². The van der Waals surface area contributed by atoms with Crippen LogP contribution in [0.1, 0.15) is 16.8 Å². The van der Waals surface area contributed by atoms with Crippen LogP contribution < -0.4 is 10.6 Å². The summed E-state index contributed by atoms with van der Waals surface area (Å²) in [5.41, 5.74) is 8.49. The summed E-state index contributed by atoms with van der Waals surface area (Å²) >= 11 is 0. The fraction of sp³-hybridized carbons (Fsp3) is 0.214. The minimum absolute atomic E-state index is 0.0653. The average molecular weight is 273 g/mol. The topological polar surface area (TPSA) is 78.9 Å². The smallest absolute Gasteiger partial charge is 0.166 e. The molecule has 0 aliphatic carbocycles. The predicted octanol–water partition coefficient (Wildman–Crippen LogP) is 2.28. The van der Waals surface area contributed by atoms with E-state index in [0.29, 0.717) is 11.4 Å². The summed E-state index contributed by atoms with van der Waals surface area (Å²) in [5.74, 6) is 0.108. The van der Waals surface area contributed by atoms with E-state index >= 15 is 0 Å². The summed E-state index contributed by atoms with van der Waals surface area (Å²) in [6.45, 7) is 3.67. The number of amidine groups is 1. The van der Waals surface area contributed by atoms with E-state index in [1.165, 1.54) is 12.1 Å². The van der Waals surface area contributed by atoms with Gasteiger partial charge in [-0.25, -0.2) is 4.39 Å². The number of nitrogens with two attached hydrogens (primary N) is 1. The number of nitrogens with one attached hydrogen (secondary N) is 1. The van der Waals surface area contributed by atoms with E-state index < -0.39 is 0 Å². The van der Waals surface area contributed by atoms with Crippen molar-refractivity contribution in [3.63, 3.8) is 0 Å². The molecule has 5 nitrogen and oxygen atoms in total. The number of nitrogen functional groups attached to an aromatic ring is 1. The number of halogens is 1. The molecule has 0 spiro atoms. The Morgan fingerprint density at radius 2 is 1.80 bits per heavy atom. The second-order valence-corrected chi connectivity index (χ2v) is 4.56. The lowest BCUT2D eigenvalue weighted by Gasteiger charge is -2.22. The highest BCUT2D eigenvalue weighted by Crippen LogP contribution is 2.27. The fourth-order valence-corrected chi connectivity index (χ4v) is 1.94. The molecule has 0 radical (unpaired) electrons. The SMILES string of the molecule is Cc1nnc(N(C)c2ccc(F)cc2)c(C(=N)N)c1C. The van der Waals surface area contributed by atoms with Crippen LogP contribution in [0.15, 0.2) is 24.3 Å². The first-order valence-electron chi connectivity index (χ1n) is 6.09. The summed E-state index contributed by atoms with van der Waals surface area (Å²) in [6.07, 6.45) is 0. The van der Waals surface area contributed by atoms with Crippen molar-refractivity contribution in [3.05, 3.63) is 46.9 Å². The first-order chi connectivity index (χ1) is 9.41. The summed E-state index contributed by atoms with van der Waals surface area (Å²) in [5, 5.41) is 15.9. The van der Waals surface area contributed by atoms with E-state index in [-0.39, 0.29) is 11.7 Å². The van der Waals surface area contributed by atoms with E-state index in [1.807, 2.05) is 13.8 Å². The van der Waals surface area contributed by atoms with Crippen LogP contribution in [0.25, 0.3) is 0 Å². The third kappa shape index (κ3) is 2.45. The molecule has 6 heteroatoms. The molecule has 2 aromatic rings. The van der Waals surface area contributed by atoms with Crippen molar-refractivity contribution in [1.29, 1.82) is 5.41 Å². The lowest BCUT2D eigenvalue weighted by molar-refractivity contribution is 0.628. The number of anilines is 2. The number of aromatic nitrogens is 2. The Morgan fingerprint density at radius 1 is 1.20 bits per heavy atom. The van der Waals surface area contributed by atoms with E-state index in [9.17, 15) is 4.39 Å². The Morgan fingerprint density at radius 3 is 2.35 bits per heavy atom. The van der Waals surface area contributed by atoms with E-state index in [1.54, 1.807) is 24.1 Å². The monoisotopic (exact) mass is 273 g/mol. The summed E-state index contributed by atoms with van der Waals surface area (Å²) in [6, 6.07) is 6.01. The van der Waals surface area contributed by atoms with Crippen LogP contribution in [0.2, 0.25) is 0 Å². The van der Waals surface area contributed by atoms with Crippen molar-refractivity contribution < 1.29 is 4.39 Å². The molecule has 0 fully saturated rings. The van der Waals surface area contributed by atoms with Gasteiger partial charge in [0.1, 0.15) is 11.7 Å². The van der Waals surface area contributed by atoms with E-state index in [0.717, 1.165) is 16.9 Å². The van der Waals surface area contributed by atoms with Gasteiger partial charge in [-0.3, -0.25) is 5.41 Å². The van der Waals surface area contributed by atoms with Gasteiger partial charge in [0.2, 0.25) is 0 Å². The highest BCUT2D eigenvalue weighted by atomic mass is 19.1. The second kappa shape index (κ2) is 5.24. The maximum absolute atomic E-state index is 13.0. The molecular formula is C14H16FN5. The molecule has 2 rings (SSSR count). The maximum Gasteiger partial charge on any atom is 0.166 e. The Bertz CT molecular complexity index is 651. The maximum atomic E-state index is 13.0. The predicted molar refractivity (Wildman–Crippen MR) is 77.0 cm³/mol. The molecule has 0 bridgehead atoms. The zero-order valence-corrected chi connectivity index (χ0v) is 11.6. The van der Waals surface area contributed by atoms with Crippen molar-refractivity contribution in [2.24, 2.45) is 5.73 Å². The fourth-order valence-electron chi connectivity index (χ4n) is 1.94. The summed E-state index contributed by atoms with van der Waals surface area (Å²) in [4.78, 5) is 1.73. The Labute approximate surface area is 116 Å². The van der Waals surface area contributed by atoms with Crippen LogP contribution in [-0.4, -0.2) is 23.1 Å². The number of benzene rings is 1. The number of aryl methyl sites for hydroxylation is 1. The van der Waals surface area contributed by atoms with Gasteiger partial charge in [-0.15, -0.1) is 5.10 Å². The quantitative estimate of drug-likeness (QED) is 0.664. The molecule has 1 heterocycles. The zero-order chi connectivity index (χ0) is 14.9. The van der Waals surface area contributed by atoms with Gasteiger partial charge in [0.05, 0.1) is 11.3 Å². The van der Waals surface area contributed by atoms with Gasteiger partial charge in [-0.05, 0) is 43.7 Å². The molecule has 0 aliphatic heterocycles. The van der Waals surface area contributed by atoms with Crippen LogP contribution in [0.3, 0.4) is 0 Å². The number of hydrogen-bond donors (Lipinski definition) is 2. The molecule has 0 atom stereocenters. The second-order valence-electron chi connectivity index (χ2n) is 4.56. The number of hydrogen-bond acceptors (Lipinski definition) is 4. The van der Waals surface area contributed by atoms with Crippen LogP contribution in [-0.2, 0) is 0 Å². The Hall–Kier alpha value is -2.50. The first kappa shape index (κ1) is 13.9. The van der Waals surface area contributed by atoms with Gasteiger partial charge < -0.3 is 10.6 Å². The van der Waals surface area contributed by atoms with Crippen molar-refractivity contribution >= 4 is 17.3 Å². The molecule has 20 heavy (non-hydrogen) atoms. The number of rotatable bonds is 3. The van der Waals surface area contributed by atoms with Crippen LogP contribution >= 0.6 is 0 Å². The molecule has 0 saturated heterocycles. The Kier molecular flexibility index (Phi) is 3.65. The Balaban J connectivity index is 2.54. The van der Waals surface area contributed by atoms with E-state index in [4.69, 9.17) is 11.1 Å². The molecule has 0 aliphatic rings. The molecule has 104 valence electrons. The minimum atomic E-state index is -0.305. The standard InChI is InChI=1S/C14H16FN5/c1-8-9(2)18-19-14(12(8)13(16)17)20(3)11-6-4-10(15)5-7-11/h4-7H,1-3H3,(H3,16,17). The van der Waals surface area contributed by atoms with Gasteiger partial charge in [-0.2, -0.15) is 5.10 Å². The van der Waals surface area contributed by atoms with Crippen molar-refractivity contribution in [3.8, 4) is 0 Å². The van der Waals surface area contributed by atoms with Gasteiger partial charge in [0.15, 0.2) is 5.82 Å². The van der Waals surface area contributed by atoms with E-state index in [2.05, 4.69) is 10.2 Å². The number of nitrogens with zero attached hydrogens (tertiary/aromatic N) is 3. The van der Waals surface area contributed by atoms with Crippen molar-refractivity contribution in [2.45, 2.75) is 13.8 Å². The highest BCUT2D eigenvalue weighted by Gasteiger charge is 2.18. The minimum Gasteiger partial charge on any atom is -0.384 e.